The molecular formula is C27H35N6O9P. The zero-order chi connectivity index (χ0) is 31.6. The van der Waals surface area contributed by atoms with Gasteiger partial charge in [0.2, 0.25) is 5.60 Å². The summed E-state index contributed by atoms with van der Waals surface area (Å²) in [5, 5.41) is 39.9. The predicted molar refractivity (Wildman–Crippen MR) is 151 cm³/mol. The first-order chi connectivity index (χ1) is 20.3. The van der Waals surface area contributed by atoms with Gasteiger partial charge in [0.1, 0.15) is 47.5 Å². The average Bonchev–Trinajstić information content (AvgIpc) is 3.50. The molecule has 0 aliphatic carbocycles. The van der Waals surface area contributed by atoms with Crippen LogP contribution in [0.2, 0.25) is 0 Å². The number of methoxy groups -OCH3 is 1. The number of aliphatic hydroxyl groups excluding tert-OH is 1. The summed E-state index contributed by atoms with van der Waals surface area (Å²) in [5.41, 5.74) is 2.15. The number of hydrogen-bond donors (Lipinski definition) is 4. The van der Waals surface area contributed by atoms with Crippen LogP contribution in [0.4, 0.5) is 5.82 Å². The SMILES string of the molecule is COC(=O)[C@H](C)NP(=O)(OC[C@H]1O[C@@](C#N)(c2ccc3c(N)ncnn23)[C@](C)(O)[C@@H]1OC(O)C(C)C)Oc1ccccc1. The van der Waals surface area contributed by atoms with Crippen molar-refractivity contribution in [3.63, 3.8) is 0 Å². The highest BCUT2D eigenvalue weighted by atomic mass is 31.2. The van der Waals surface area contributed by atoms with Gasteiger partial charge in [0.25, 0.3) is 0 Å². The van der Waals surface area contributed by atoms with Crippen molar-refractivity contribution in [2.75, 3.05) is 19.5 Å². The van der Waals surface area contributed by atoms with Gasteiger partial charge >= 0.3 is 13.7 Å². The normalized spacial score (nSPS) is 26.5. The number of benzene rings is 1. The molecule has 5 N–H and O–H groups in total. The van der Waals surface area contributed by atoms with Gasteiger partial charge in [-0.05, 0) is 38.1 Å². The first kappa shape index (κ1) is 32.3. The number of rotatable bonds is 12. The zero-order valence-electron chi connectivity index (χ0n) is 24.3. The summed E-state index contributed by atoms with van der Waals surface area (Å²) in [6.07, 6.45) is -2.92. The molecule has 0 bridgehead atoms. The van der Waals surface area contributed by atoms with Crippen LogP contribution in [0, 0.1) is 17.2 Å². The van der Waals surface area contributed by atoms with Gasteiger partial charge in [0, 0.05) is 5.92 Å². The standard InChI is InChI=1S/C27H35N6O9P/c1-16(2)24(34)40-22-20(13-39-43(37,32-17(3)25(35)38-5)42-18-9-7-6-8-10-18)41-27(14-28,26(22,4)36)21-12-11-19-23(29)30-15-31-33(19)21/h6-12,15-17,20,22,24,34,36H,13H2,1-5H3,(H,32,37)(H2,29,30,31)/t17-,20+,22+,24?,26+,27-,43?/m0/s1. The molecule has 3 aromatic rings. The Bertz CT molecular complexity index is 1530. The molecule has 16 heteroatoms. The highest BCUT2D eigenvalue weighted by Gasteiger charge is 2.67. The zero-order valence-corrected chi connectivity index (χ0v) is 25.2. The summed E-state index contributed by atoms with van der Waals surface area (Å²) in [6.45, 7) is 5.52. The number of nitriles is 1. The lowest BCUT2D eigenvalue weighted by Gasteiger charge is -2.36. The molecule has 15 nitrogen and oxygen atoms in total. The molecule has 43 heavy (non-hydrogen) atoms. The largest absolute Gasteiger partial charge is 0.468 e. The highest BCUT2D eigenvalue weighted by molar-refractivity contribution is 7.52. The Hall–Kier alpha value is -3.61. The molecule has 2 unspecified atom stereocenters. The van der Waals surface area contributed by atoms with Crippen molar-refractivity contribution >= 4 is 25.1 Å². The van der Waals surface area contributed by atoms with Gasteiger partial charge in [0.15, 0.2) is 12.1 Å². The van der Waals surface area contributed by atoms with Gasteiger partial charge in [-0.2, -0.15) is 15.4 Å². The van der Waals surface area contributed by atoms with Crippen LogP contribution >= 0.6 is 7.75 Å². The third-order valence-electron chi connectivity index (χ3n) is 7.07. The number of aliphatic hydroxyl groups is 2. The van der Waals surface area contributed by atoms with Crippen LogP contribution in [0.25, 0.3) is 5.52 Å². The minimum absolute atomic E-state index is 0.0976. The second kappa shape index (κ2) is 12.6. The summed E-state index contributed by atoms with van der Waals surface area (Å²) in [7, 11) is -3.18. The lowest BCUT2D eigenvalue weighted by atomic mass is 9.80. The van der Waals surface area contributed by atoms with E-state index in [4.69, 9.17) is 29.0 Å². The maximum absolute atomic E-state index is 14.0. The van der Waals surface area contributed by atoms with Crippen molar-refractivity contribution in [1.82, 2.24) is 19.7 Å². The van der Waals surface area contributed by atoms with Crippen LogP contribution in [0.15, 0.2) is 48.8 Å². The van der Waals surface area contributed by atoms with Gasteiger partial charge in [0.05, 0.1) is 19.4 Å². The minimum atomic E-state index is -4.35. The quantitative estimate of drug-likeness (QED) is 0.130. The number of para-hydroxylation sites is 1. The van der Waals surface area contributed by atoms with E-state index in [1.807, 2.05) is 6.07 Å². The molecule has 1 aliphatic rings. The molecule has 0 amide bonds. The van der Waals surface area contributed by atoms with E-state index in [1.165, 1.54) is 50.0 Å². The summed E-state index contributed by atoms with van der Waals surface area (Å²) >= 11 is 0. The smallest absolute Gasteiger partial charge is 0.459 e. The minimum Gasteiger partial charge on any atom is -0.468 e. The first-order valence-corrected chi connectivity index (χ1v) is 14.9. The van der Waals surface area contributed by atoms with Gasteiger partial charge < -0.3 is 34.7 Å². The fourth-order valence-corrected chi connectivity index (χ4v) is 6.21. The van der Waals surface area contributed by atoms with Gasteiger partial charge in [-0.1, -0.05) is 32.0 Å². The lowest BCUT2D eigenvalue weighted by molar-refractivity contribution is -0.208. The van der Waals surface area contributed by atoms with Crippen molar-refractivity contribution in [3.05, 3.63) is 54.5 Å². The lowest BCUT2D eigenvalue weighted by Crippen LogP contribution is -2.54. The molecule has 2 aromatic heterocycles. The Morgan fingerprint density at radius 2 is 1.98 bits per heavy atom. The third-order valence-corrected chi connectivity index (χ3v) is 8.72. The van der Waals surface area contributed by atoms with Crippen LogP contribution in [-0.2, 0) is 33.7 Å². The Morgan fingerprint density at radius 1 is 1.28 bits per heavy atom. The van der Waals surface area contributed by atoms with E-state index >= 15 is 0 Å². The molecule has 1 saturated heterocycles. The van der Waals surface area contributed by atoms with Crippen molar-refractivity contribution in [2.45, 2.75) is 63.4 Å². The molecule has 1 aromatic carbocycles. The third kappa shape index (κ3) is 6.22. The molecule has 0 radical (unpaired) electrons. The number of nitrogens with zero attached hydrogens (tertiary/aromatic N) is 4. The second-order valence-electron chi connectivity index (χ2n) is 10.5. The van der Waals surface area contributed by atoms with E-state index in [0.717, 1.165) is 0 Å². The van der Waals surface area contributed by atoms with Crippen LogP contribution in [0.3, 0.4) is 0 Å². The summed E-state index contributed by atoms with van der Waals surface area (Å²) < 4.78 is 43.5. The molecule has 0 saturated carbocycles. The van der Waals surface area contributed by atoms with E-state index in [9.17, 15) is 24.8 Å². The van der Waals surface area contributed by atoms with Crippen LogP contribution < -0.4 is 15.3 Å². The first-order valence-electron chi connectivity index (χ1n) is 13.4. The highest BCUT2D eigenvalue weighted by Crippen LogP contribution is 2.51. The molecular weight excluding hydrogens is 583 g/mol. The van der Waals surface area contributed by atoms with E-state index in [0.29, 0.717) is 5.52 Å². The van der Waals surface area contributed by atoms with E-state index in [2.05, 4.69) is 15.2 Å². The number of esters is 1. The molecule has 232 valence electrons. The van der Waals surface area contributed by atoms with Crippen molar-refractivity contribution in [1.29, 1.82) is 5.26 Å². The second-order valence-corrected chi connectivity index (χ2v) is 12.2. The molecule has 1 fully saturated rings. The van der Waals surface area contributed by atoms with E-state index in [-0.39, 0.29) is 17.3 Å². The molecule has 7 atom stereocenters. The Balaban J connectivity index is 1.73. The van der Waals surface area contributed by atoms with Gasteiger partial charge in [-0.3, -0.25) is 9.32 Å². The fourth-order valence-electron chi connectivity index (χ4n) is 4.70. The van der Waals surface area contributed by atoms with Gasteiger partial charge in [-0.15, -0.1) is 0 Å². The summed E-state index contributed by atoms with van der Waals surface area (Å²) in [4.78, 5) is 16.1. The van der Waals surface area contributed by atoms with Crippen molar-refractivity contribution in [3.8, 4) is 11.8 Å². The molecule has 0 spiro atoms. The molecule has 3 heterocycles. The topological polar surface area (TPSA) is 213 Å². The number of carbonyl (C=O) groups is 1. The van der Waals surface area contributed by atoms with Crippen LogP contribution in [0.1, 0.15) is 33.4 Å². The van der Waals surface area contributed by atoms with Crippen molar-refractivity contribution in [2.24, 2.45) is 5.92 Å². The Kier molecular flexibility index (Phi) is 9.43. The number of nitrogens with two attached hydrogens (primary N) is 1. The number of fused-ring (bicyclic) bond motifs is 1. The van der Waals surface area contributed by atoms with Gasteiger partial charge in [-0.25, -0.2) is 14.1 Å². The maximum atomic E-state index is 14.0. The fraction of sp³-hybridized carbons (Fsp3) is 0.481. The maximum Gasteiger partial charge on any atom is 0.459 e. The number of hydrogen-bond acceptors (Lipinski definition) is 13. The average molecular weight is 619 g/mol. The van der Waals surface area contributed by atoms with Crippen LogP contribution in [0.5, 0.6) is 5.75 Å². The monoisotopic (exact) mass is 618 g/mol. The van der Waals surface area contributed by atoms with E-state index < -0.39 is 62.0 Å². The summed E-state index contributed by atoms with van der Waals surface area (Å²) in [5.74, 6) is -0.848. The van der Waals surface area contributed by atoms with E-state index in [1.54, 1.807) is 38.1 Å². The number of anilines is 1. The number of carbonyl (C=O) groups excluding carboxylic acids is 1. The number of ether oxygens (including phenoxy) is 3. The summed E-state index contributed by atoms with van der Waals surface area (Å²) in [6, 6.07) is 12.1. The molecule has 4 rings (SSSR count). The number of nitrogens with one attached hydrogen (secondary N) is 1. The predicted octanol–water partition coefficient (Wildman–Crippen LogP) is 1.89. The molecule has 1 aliphatic heterocycles. The Morgan fingerprint density at radius 3 is 2.60 bits per heavy atom. The van der Waals surface area contributed by atoms with Crippen LogP contribution in [-0.4, -0.2) is 74.6 Å². The number of aromatic nitrogens is 3. The number of nitrogen functional groups attached to an aromatic ring is 1. The van der Waals surface area contributed by atoms with Crippen molar-refractivity contribution < 1.29 is 42.8 Å². The Labute approximate surface area is 248 Å².